The van der Waals surface area contributed by atoms with E-state index in [4.69, 9.17) is 9.47 Å². The van der Waals surface area contributed by atoms with Crippen LogP contribution in [0.3, 0.4) is 0 Å². The normalized spacial score (nSPS) is 16.3. The van der Waals surface area contributed by atoms with Gasteiger partial charge in [0.05, 0.1) is 5.76 Å². The van der Waals surface area contributed by atoms with Crippen LogP contribution >= 0.6 is 0 Å². The molecule has 0 saturated carbocycles. The van der Waals surface area contributed by atoms with Gasteiger partial charge in [-0.15, -0.1) is 0 Å². The number of hydrogen-bond acceptors (Lipinski definition) is 2. The molecule has 0 N–H and O–H groups in total. The topological polar surface area (TPSA) is 18.5 Å². The van der Waals surface area contributed by atoms with Crippen molar-refractivity contribution in [1.29, 1.82) is 0 Å². The van der Waals surface area contributed by atoms with Crippen LogP contribution in [-0.2, 0) is 9.47 Å². The maximum Gasteiger partial charge on any atom is 0.188 e. The minimum Gasteiger partial charge on any atom is -0.472 e. The Morgan fingerprint density at radius 3 is 3.09 bits per heavy atom. The smallest absolute Gasteiger partial charge is 0.188 e. The Balaban J connectivity index is 2.15. The average Bonchev–Trinajstić information content (AvgIpc) is 2.07. The molecule has 11 heavy (non-hydrogen) atoms. The molecule has 0 radical (unpaired) electrons. The molecule has 2 heteroatoms. The van der Waals surface area contributed by atoms with Gasteiger partial charge in [-0.2, -0.15) is 0 Å². The van der Waals surface area contributed by atoms with Gasteiger partial charge in [-0.25, -0.2) is 0 Å². The first-order chi connectivity index (χ1) is 5.43. The van der Waals surface area contributed by atoms with Gasteiger partial charge in [0.1, 0.15) is 0 Å². The summed E-state index contributed by atoms with van der Waals surface area (Å²) in [6.07, 6.45) is 8.22. The van der Waals surface area contributed by atoms with Crippen molar-refractivity contribution in [2.75, 3.05) is 13.4 Å². The molecule has 0 amide bonds. The lowest BCUT2D eigenvalue weighted by molar-refractivity contribution is -0.0202. The molecular formula is C9H14O2. The van der Waals surface area contributed by atoms with Crippen molar-refractivity contribution < 1.29 is 9.47 Å². The lowest BCUT2D eigenvalue weighted by Crippen LogP contribution is -2.00. The van der Waals surface area contributed by atoms with E-state index < -0.39 is 0 Å². The maximum absolute atomic E-state index is 5.31. The molecule has 0 unspecified atom stereocenters. The van der Waals surface area contributed by atoms with Crippen molar-refractivity contribution in [2.24, 2.45) is 0 Å². The highest BCUT2D eigenvalue weighted by Gasteiger charge is 1.98. The van der Waals surface area contributed by atoms with Gasteiger partial charge < -0.3 is 9.47 Å². The van der Waals surface area contributed by atoms with Crippen molar-refractivity contribution in [2.45, 2.75) is 19.8 Å². The lowest BCUT2D eigenvalue weighted by atomic mass is 10.2. The van der Waals surface area contributed by atoms with Gasteiger partial charge in [0.25, 0.3) is 0 Å². The summed E-state index contributed by atoms with van der Waals surface area (Å²) in [5.41, 5.74) is 0. The third-order valence-corrected chi connectivity index (χ3v) is 1.51. The summed E-state index contributed by atoms with van der Waals surface area (Å²) in [6.45, 7) is 3.05. The number of hydrogen-bond donors (Lipinski definition) is 0. The van der Waals surface area contributed by atoms with Crippen molar-refractivity contribution in [3.05, 3.63) is 24.0 Å². The van der Waals surface area contributed by atoms with Crippen LogP contribution in [0.4, 0.5) is 0 Å². The molecule has 0 aromatic carbocycles. The van der Waals surface area contributed by atoms with Gasteiger partial charge in [-0.05, 0) is 19.4 Å². The third-order valence-electron chi connectivity index (χ3n) is 1.51. The third kappa shape index (κ3) is 3.23. The molecule has 1 aliphatic rings. The predicted octanol–water partition coefficient (Wildman–Crippen LogP) is 2.23. The first-order valence-electron chi connectivity index (χ1n) is 3.99. The van der Waals surface area contributed by atoms with Crippen LogP contribution < -0.4 is 0 Å². The molecule has 2 nitrogen and oxygen atoms in total. The van der Waals surface area contributed by atoms with Crippen LogP contribution in [0.5, 0.6) is 0 Å². The van der Waals surface area contributed by atoms with Crippen LogP contribution in [-0.4, -0.2) is 13.4 Å². The van der Waals surface area contributed by atoms with Gasteiger partial charge in [0.2, 0.25) is 0 Å². The molecule has 0 heterocycles. The van der Waals surface area contributed by atoms with Crippen LogP contribution in [0.1, 0.15) is 19.8 Å². The fourth-order valence-electron chi connectivity index (χ4n) is 0.901. The second-order valence-electron chi connectivity index (χ2n) is 2.35. The Morgan fingerprint density at radius 1 is 1.55 bits per heavy atom. The summed E-state index contributed by atoms with van der Waals surface area (Å²) in [6, 6.07) is 0. The number of allylic oxidation sites excluding steroid dienone is 4. The first-order valence-corrected chi connectivity index (χ1v) is 3.99. The molecule has 1 rings (SSSR count). The molecule has 0 aromatic heterocycles. The minimum absolute atomic E-state index is 0.385. The quantitative estimate of drug-likeness (QED) is 0.456. The van der Waals surface area contributed by atoms with Crippen molar-refractivity contribution in [3.63, 3.8) is 0 Å². The van der Waals surface area contributed by atoms with Crippen LogP contribution in [0, 0.1) is 0 Å². The molecule has 0 aromatic rings. The van der Waals surface area contributed by atoms with E-state index in [2.05, 4.69) is 6.08 Å². The van der Waals surface area contributed by atoms with E-state index >= 15 is 0 Å². The highest BCUT2D eigenvalue weighted by atomic mass is 16.7. The molecule has 0 bridgehead atoms. The number of ether oxygens (including phenoxy) is 2. The standard InChI is InChI=1S/C9H14O2/c1-2-10-8-11-9-6-4-3-5-7-9/h3-4,6H,2,5,7-8H2,1H3. The highest BCUT2D eigenvalue weighted by molar-refractivity contribution is 5.12. The van der Waals surface area contributed by atoms with Crippen molar-refractivity contribution >= 4 is 0 Å². The molecule has 1 aliphatic carbocycles. The average molecular weight is 154 g/mol. The zero-order valence-corrected chi connectivity index (χ0v) is 6.88. The second-order valence-corrected chi connectivity index (χ2v) is 2.35. The van der Waals surface area contributed by atoms with Gasteiger partial charge in [0.15, 0.2) is 6.79 Å². The monoisotopic (exact) mass is 154 g/mol. The zero-order chi connectivity index (χ0) is 7.94. The van der Waals surface area contributed by atoms with E-state index in [9.17, 15) is 0 Å². The lowest BCUT2D eigenvalue weighted by Gasteiger charge is -2.10. The summed E-state index contributed by atoms with van der Waals surface area (Å²) in [5, 5.41) is 0. The molecule has 0 aliphatic heterocycles. The summed E-state index contributed by atoms with van der Waals surface area (Å²) >= 11 is 0. The van der Waals surface area contributed by atoms with E-state index in [-0.39, 0.29) is 0 Å². The van der Waals surface area contributed by atoms with E-state index in [1.807, 2.05) is 19.1 Å². The largest absolute Gasteiger partial charge is 0.472 e. The molecule has 0 saturated heterocycles. The van der Waals surface area contributed by atoms with Crippen molar-refractivity contribution in [3.8, 4) is 0 Å². The molecule has 0 fully saturated rings. The summed E-state index contributed by atoms with van der Waals surface area (Å²) in [7, 11) is 0. The Kier molecular flexibility index (Phi) is 3.76. The van der Waals surface area contributed by atoms with Gasteiger partial charge in [-0.1, -0.05) is 12.2 Å². The summed E-state index contributed by atoms with van der Waals surface area (Å²) in [4.78, 5) is 0. The highest BCUT2D eigenvalue weighted by Crippen LogP contribution is 2.12. The Morgan fingerprint density at radius 2 is 2.45 bits per heavy atom. The minimum atomic E-state index is 0.385. The Hall–Kier alpha value is -0.760. The zero-order valence-electron chi connectivity index (χ0n) is 6.88. The van der Waals surface area contributed by atoms with Gasteiger partial charge in [0, 0.05) is 13.0 Å². The van der Waals surface area contributed by atoms with Crippen LogP contribution in [0.2, 0.25) is 0 Å². The number of rotatable bonds is 4. The van der Waals surface area contributed by atoms with Gasteiger partial charge >= 0.3 is 0 Å². The Labute approximate surface area is 67.5 Å². The summed E-state index contributed by atoms with van der Waals surface area (Å²) in [5.74, 6) is 1.03. The molecule has 0 atom stereocenters. The van der Waals surface area contributed by atoms with E-state index in [1.165, 1.54) is 0 Å². The molecular weight excluding hydrogens is 140 g/mol. The van der Waals surface area contributed by atoms with E-state index in [0.29, 0.717) is 13.4 Å². The van der Waals surface area contributed by atoms with Crippen LogP contribution in [0.15, 0.2) is 24.0 Å². The van der Waals surface area contributed by atoms with E-state index in [0.717, 1.165) is 18.6 Å². The first kappa shape index (κ1) is 8.34. The fraction of sp³-hybridized carbons (Fsp3) is 0.556. The van der Waals surface area contributed by atoms with Crippen LogP contribution in [0.25, 0.3) is 0 Å². The Bertz CT molecular complexity index is 159. The van der Waals surface area contributed by atoms with E-state index in [1.54, 1.807) is 0 Å². The maximum atomic E-state index is 5.31. The summed E-state index contributed by atoms with van der Waals surface area (Å²) < 4.78 is 10.4. The molecule has 0 spiro atoms. The fourth-order valence-corrected chi connectivity index (χ4v) is 0.901. The SMILES string of the molecule is CCOCOC1=CC=CCC1. The second kappa shape index (κ2) is 4.97. The molecule has 62 valence electrons. The van der Waals surface area contributed by atoms with Crippen molar-refractivity contribution in [1.82, 2.24) is 0 Å². The predicted molar refractivity (Wildman–Crippen MR) is 44.0 cm³/mol. The van der Waals surface area contributed by atoms with Gasteiger partial charge in [-0.3, -0.25) is 0 Å².